The fourth-order valence-electron chi connectivity index (χ4n) is 2.11. The average Bonchev–Trinajstić information content (AvgIpc) is 2.65. The van der Waals surface area contributed by atoms with Crippen molar-refractivity contribution in [1.82, 2.24) is 15.2 Å². The lowest BCUT2D eigenvalue weighted by Crippen LogP contribution is -2.48. The summed E-state index contributed by atoms with van der Waals surface area (Å²) in [6.45, 7) is 13.3. The number of aromatic nitrogens is 1. The number of nitrogens with zero attached hydrogens (tertiary/aromatic N) is 2. The Hall–Kier alpha value is -0.450. The molecule has 1 aliphatic rings. The molecular weight excluding hydrogens is 230 g/mol. The molecule has 1 aromatic rings. The van der Waals surface area contributed by atoms with Gasteiger partial charge in [-0.2, -0.15) is 0 Å². The van der Waals surface area contributed by atoms with Gasteiger partial charge in [-0.05, 0) is 6.92 Å². The number of rotatable bonds is 2. The summed E-state index contributed by atoms with van der Waals surface area (Å²) in [5.41, 5.74) is 1.41. The lowest BCUT2D eigenvalue weighted by atomic mass is 9.98. The first-order valence-electron chi connectivity index (χ1n) is 6.36. The average molecular weight is 253 g/mol. The van der Waals surface area contributed by atoms with Gasteiger partial charge < -0.3 is 5.32 Å². The van der Waals surface area contributed by atoms with Gasteiger partial charge in [-0.1, -0.05) is 20.8 Å². The normalized spacial score (nSPS) is 22.9. The number of thiazole rings is 1. The van der Waals surface area contributed by atoms with Crippen molar-refractivity contribution >= 4 is 11.3 Å². The Morgan fingerprint density at radius 3 is 2.88 bits per heavy atom. The van der Waals surface area contributed by atoms with Crippen molar-refractivity contribution < 1.29 is 0 Å². The SMILES string of the molecule is C[C@H]1CN(Cc2csc(C(C)(C)C)n2)CCN1. The summed E-state index contributed by atoms with van der Waals surface area (Å²) in [7, 11) is 0. The summed E-state index contributed by atoms with van der Waals surface area (Å²) in [5.74, 6) is 0. The highest BCUT2D eigenvalue weighted by atomic mass is 32.1. The first kappa shape index (κ1) is 13.0. The van der Waals surface area contributed by atoms with E-state index < -0.39 is 0 Å². The summed E-state index contributed by atoms with van der Waals surface area (Å²) >= 11 is 1.79. The van der Waals surface area contributed by atoms with Gasteiger partial charge in [-0.25, -0.2) is 4.98 Å². The van der Waals surface area contributed by atoms with Gasteiger partial charge in [0, 0.05) is 43.0 Å². The third-order valence-electron chi connectivity index (χ3n) is 3.03. The standard InChI is InChI=1S/C13H23N3S/c1-10-7-16(6-5-14-10)8-11-9-17-12(15-11)13(2,3)4/h9-10,14H,5-8H2,1-4H3/t10-/m0/s1. The van der Waals surface area contributed by atoms with E-state index in [1.807, 2.05) is 0 Å². The van der Waals surface area contributed by atoms with Gasteiger partial charge in [-0.3, -0.25) is 4.90 Å². The van der Waals surface area contributed by atoms with Crippen molar-refractivity contribution in [2.45, 2.75) is 45.7 Å². The van der Waals surface area contributed by atoms with Crippen molar-refractivity contribution in [3.05, 3.63) is 16.1 Å². The van der Waals surface area contributed by atoms with Crippen LogP contribution in [-0.2, 0) is 12.0 Å². The van der Waals surface area contributed by atoms with Crippen LogP contribution in [0.1, 0.15) is 38.4 Å². The van der Waals surface area contributed by atoms with E-state index in [9.17, 15) is 0 Å². The Kier molecular flexibility index (Phi) is 3.85. The van der Waals surface area contributed by atoms with Crippen LogP contribution in [0.3, 0.4) is 0 Å². The van der Waals surface area contributed by atoms with Crippen molar-refractivity contribution in [1.29, 1.82) is 0 Å². The Bertz CT molecular complexity index is 367. The highest BCUT2D eigenvalue weighted by Crippen LogP contribution is 2.26. The molecule has 1 atom stereocenters. The van der Waals surface area contributed by atoms with Gasteiger partial charge in [0.25, 0.3) is 0 Å². The minimum Gasteiger partial charge on any atom is -0.312 e. The van der Waals surface area contributed by atoms with Crippen molar-refractivity contribution in [2.24, 2.45) is 0 Å². The van der Waals surface area contributed by atoms with E-state index in [1.54, 1.807) is 11.3 Å². The minimum atomic E-state index is 0.180. The molecule has 0 aromatic carbocycles. The smallest absolute Gasteiger partial charge is 0.0982 e. The number of hydrogen-bond acceptors (Lipinski definition) is 4. The maximum atomic E-state index is 4.76. The second-order valence-electron chi connectivity index (χ2n) is 5.98. The van der Waals surface area contributed by atoms with Crippen LogP contribution in [0.25, 0.3) is 0 Å². The van der Waals surface area contributed by atoms with Gasteiger partial charge in [0.2, 0.25) is 0 Å². The Labute approximate surface area is 108 Å². The Morgan fingerprint density at radius 2 is 2.29 bits per heavy atom. The minimum absolute atomic E-state index is 0.180. The molecule has 0 aliphatic carbocycles. The highest BCUT2D eigenvalue weighted by molar-refractivity contribution is 7.09. The molecule has 17 heavy (non-hydrogen) atoms. The van der Waals surface area contributed by atoms with Crippen molar-refractivity contribution in [3.8, 4) is 0 Å². The Morgan fingerprint density at radius 1 is 1.53 bits per heavy atom. The molecule has 0 radical (unpaired) electrons. The van der Waals surface area contributed by atoms with E-state index >= 15 is 0 Å². The monoisotopic (exact) mass is 253 g/mol. The van der Waals surface area contributed by atoms with E-state index in [1.165, 1.54) is 10.7 Å². The predicted octanol–water partition coefficient (Wildman–Crippen LogP) is 2.23. The molecule has 0 amide bonds. The summed E-state index contributed by atoms with van der Waals surface area (Å²) in [5, 5.41) is 6.93. The molecule has 4 heteroatoms. The fraction of sp³-hybridized carbons (Fsp3) is 0.769. The van der Waals surface area contributed by atoms with Crippen LogP contribution in [0.2, 0.25) is 0 Å². The van der Waals surface area contributed by atoms with E-state index in [0.29, 0.717) is 6.04 Å². The predicted molar refractivity (Wildman–Crippen MR) is 73.6 cm³/mol. The lowest BCUT2D eigenvalue weighted by Gasteiger charge is -2.31. The second-order valence-corrected chi connectivity index (χ2v) is 6.84. The van der Waals surface area contributed by atoms with E-state index in [2.05, 4.69) is 43.3 Å². The number of hydrogen-bond donors (Lipinski definition) is 1. The molecule has 2 rings (SSSR count). The topological polar surface area (TPSA) is 28.2 Å². The van der Waals surface area contributed by atoms with Crippen LogP contribution >= 0.6 is 11.3 Å². The molecule has 0 saturated carbocycles. The van der Waals surface area contributed by atoms with Gasteiger partial charge in [-0.15, -0.1) is 11.3 Å². The maximum Gasteiger partial charge on any atom is 0.0982 e. The van der Waals surface area contributed by atoms with Crippen LogP contribution in [0.4, 0.5) is 0 Å². The largest absolute Gasteiger partial charge is 0.312 e. The van der Waals surface area contributed by atoms with E-state index in [-0.39, 0.29) is 5.41 Å². The quantitative estimate of drug-likeness (QED) is 0.876. The second kappa shape index (κ2) is 5.04. The fourth-order valence-corrected chi connectivity index (χ4v) is 3.01. The zero-order valence-corrected chi connectivity index (χ0v) is 12.1. The molecule has 96 valence electrons. The summed E-state index contributed by atoms with van der Waals surface area (Å²) in [4.78, 5) is 7.25. The summed E-state index contributed by atoms with van der Waals surface area (Å²) in [6, 6.07) is 0.601. The molecule has 0 bridgehead atoms. The van der Waals surface area contributed by atoms with Crippen LogP contribution in [0.5, 0.6) is 0 Å². The molecule has 1 aliphatic heterocycles. The van der Waals surface area contributed by atoms with Gasteiger partial charge in [0.1, 0.15) is 0 Å². The maximum absolute atomic E-state index is 4.76. The van der Waals surface area contributed by atoms with Crippen molar-refractivity contribution in [2.75, 3.05) is 19.6 Å². The van der Waals surface area contributed by atoms with E-state index in [4.69, 9.17) is 4.98 Å². The molecule has 3 nitrogen and oxygen atoms in total. The molecule has 2 heterocycles. The van der Waals surface area contributed by atoms with Gasteiger partial charge >= 0.3 is 0 Å². The molecule has 1 saturated heterocycles. The molecular formula is C13H23N3S. The molecule has 1 fully saturated rings. The molecule has 1 N–H and O–H groups in total. The summed E-state index contributed by atoms with van der Waals surface area (Å²) in [6.07, 6.45) is 0. The highest BCUT2D eigenvalue weighted by Gasteiger charge is 2.20. The third kappa shape index (κ3) is 3.50. The van der Waals surface area contributed by atoms with E-state index in [0.717, 1.165) is 26.2 Å². The lowest BCUT2D eigenvalue weighted by molar-refractivity contribution is 0.198. The first-order valence-corrected chi connectivity index (χ1v) is 7.24. The zero-order valence-electron chi connectivity index (χ0n) is 11.3. The number of piperazine rings is 1. The third-order valence-corrected chi connectivity index (χ3v) is 4.35. The summed E-state index contributed by atoms with van der Waals surface area (Å²) < 4.78 is 0. The molecule has 1 aromatic heterocycles. The number of nitrogens with one attached hydrogen (secondary N) is 1. The van der Waals surface area contributed by atoms with Crippen LogP contribution in [0.15, 0.2) is 5.38 Å². The molecule has 0 spiro atoms. The zero-order chi connectivity index (χ0) is 12.5. The van der Waals surface area contributed by atoms with Gasteiger partial charge in [0.05, 0.1) is 10.7 Å². The van der Waals surface area contributed by atoms with Crippen LogP contribution < -0.4 is 5.32 Å². The first-order chi connectivity index (χ1) is 7.95. The molecule has 0 unspecified atom stereocenters. The Balaban J connectivity index is 1.97. The van der Waals surface area contributed by atoms with Crippen LogP contribution in [-0.4, -0.2) is 35.6 Å². The van der Waals surface area contributed by atoms with Crippen molar-refractivity contribution in [3.63, 3.8) is 0 Å². The van der Waals surface area contributed by atoms with Crippen LogP contribution in [0, 0.1) is 0 Å². The van der Waals surface area contributed by atoms with Gasteiger partial charge in [0.15, 0.2) is 0 Å².